The van der Waals surface area contributed by atoms with E-state index in [2.05, 4.69) is 17.2 Å². The number of hydrogen-bond acceptors (Lipinski definition) is 2. The highest BCUT2D eigenvalue weighted by Gasteiger charge is 2.29. The normalized spacial score (nSPS) is 12.9. The van der Waals surface area contributed by atoms with Crippen LogP contribution in [-0.4, -0.2) is 28.5 Å². The number of aliphatic carboxylic acids is 1. The molecule has 0 spiro atoms. The lowest BCUT2D eigenvalue weighted by atomic mass is 9.75. The second-order valence-electron chi connectivity index (χ2n) is 9.34. The molecule has 0 aliphatic carbocycles. The van der Waals surface area contributed by atoms with Crippen molar-refractivity contribution in [1.29, 1.82) is 0 Å². The maximum Gasteiger partial charge on any atom is 0.305 e. The van der Waals surface area contributed by atoms with Crippen molar-refractivity contribution in [3.63, 3.8) is 0 Å². The highest BCUT2D eigenvalue weighted by molar-refractivity contribution is 6.30. The Kier molecular flexibility index (Phi) is 8.29. The van der Waals surface area contributed by atoms with Crippen molar-refractivity contribution in [2.45, 2.75) is 44.9 Å². The quantitative estimate of drug-likeness (QED) is 0.207. The van der Waals surface area contributed by atoms with Gasteiger partial charge in [0.1, 0.15) is 5.82 Å². The molecular weight excluding hydrogens is 491 g/mol. The predicted octanol–water partition coefficient (Wildman–Crippen LogP) is 7.19. The SMILES string of the molecule is CCC[C@H](c1ccc(C(=O)NCCC(=O)O)cc1)[C@H](c1ccc(Cl)cc1)c1c[nH]c2c(C)cc(F)cc12. The Balaban J connectivity index is 1.76. The number of carboxylic acids is 1. The van der Waals surface area contributed by atoms with Crippen molar-refractivity contribution in [1.82, 2.24) is 10.3 Å². The molecule has 5 nitrogen and oxygen atoms in total. The lowest BCUT2D eigenvalue weighted by molar-refractivity contribution is -0.136. The number of benzene rings is 3. The average molecular weight is 521 g/mol. The van der Waals surface area contributed by atoms with Gasteiger partial charge in [0.2, 0.25) is 0 Å². The molecule has 3 N–H and O–H groups in total. The molecule has 1 heterocycles. The van der Waals surface area contributed by atoms with E-state index in [1.807, 2.05) is 49.5 Å². The van der Waals surface area contributed by atoms with Gasteiger partial charge in [-0.1, -0.05) is 49.2 Å². The number of hydrogen-bond donors (Lipinski definition) is 3. The number of halogens is 2. The van der Waals surface area contributed by atoms with Crippen molar-refractivity contribution in [2.75, 3.05) is 6.54 Å². The molecule has 7 heteroatoms. The Hall–Kier alpha value is -3.64. The number of amides is 1. The molecule has 0 radical (unpaired) electrons. The van der Waals surface area contributed by atoms with E-state index in [-0.39, 0.29) is 36.5 Å². The van der Waals surface area contributed by atoms with Gasteiger partial charge in [0.05, 0.1) is 6.42 Å². The lowest BCUT2D eigenvalue weighted by Gasteiger charge is -2.28. The zero-order chi connectivity index (χ0) is 26.5. The highest BCUT2D eigenvalue weighted by atomic mass is 35.5. The number of carbonyl (C=O) groups is 2. The van der Waals surface area contributed by atoms with Crippen LogP contribution in [0.4, 0.5) is 4.39 Å². The molecule has 0 aliphatic rings. The second kappa shape index (κ2) is 11.6. The summed E-state index contributed by atoms with van der Waals surface area (Å²) in [5.74, 6) is -1.57. The topological polar surface area (TPSA) is 82.2 Å². The minimum atomic E-state index is -0.960. The fourth-order valence-corrected chi connectivity index (χ4v) is 5.18. The lowest BCUT2D eigenvalue weighted by Crippen LogP contribution is -2.26. The molecule has 0 saturated carbocycles. The van der Waals surface area contributed by atoms with Crippen LogP contribution in [0, 0.1) is 12.7 Å². The molecule has 2 atom stereocenters. The average Bonchev–Trinajstić information content (AvgIpc) is 3.28. The molecule has 1 amide bonds. The van der Waals surface area contributed by atoms with Crippen LogP contribution in [0.25, 0.3) is 10.9 Å². The van der Waals surface area contributed by atoms with Gasteiger partial charge in [0, 0.05) is 40.1 Å². The number of rotatable bonds is 10. The third-order valence-corrected chi connectivity index (χ3v) is 7.03. The minimum Gasteiger partial charge on any atom is -0.481 e. The van der Waals surface area contributed by atoms with Crippen LogP contribution < -0.4 is 5.32 Å². The summed E-state index contributed by atoms with van der Waals surface area (Å²) in [6.07, 6.45) is 3.65. The van der Waals surface area contributed by atoms with E-state index in [4.69, 9.17) is 16.7 Å². The van der Waals surface area contributed by atoms with Crippen molar-refractivity contribution >= 4 is 34.4 Å². The van der Waals surface area contributed by atoms with Crippen molar-refractivity contribution in [3.05, 3.63) is 106 Å². The Labute approximate surface area is 220 Å². The number of aryl methyl sites for hydroxylation is 1. The molecule has 0 unspecified atom stereocenters. The summed E-state index contributed by atoms with van der Waals surface area (Å²) in [5.41, 5.74) is 5.37. The van der Waals surface area contributed by atoms with Gasteiger partial charge in [0.15, 0.2) is 0 Å². The first-order chi connectivity index (χ1) is 17.8. The van der Waals surface area contributed by atoms with Gasteiger partial charge in [-0.05, 0) is 77.9 Å². The number of H-pyrrole nitrogens is 1. The Morgan fingerprint density at radius 1 is 1.05 bits per heavy atom. The summed E-state index contributed by atoms with van der Waals surface area (Å²) in [5, 5.41) is 12.9. The first kappa shape index (κ1) is 26.4. The maximum atomic E-state index is 14.5. The molecule has 192 valence electrons. The van der Waals surface area contributed by atoms with Crippen LogP contribution in [0.5, 0.6) is 0 Å². The summed E-state index contributed by atoms with van der Waals surface area (Å²) in [7, 11) is 0. The third-order valence-electron chi connectivity index (χ3n) is 6.77. The van der Waals surface area contributed by atoms with Gasteiger partial charge in [-0.15, -0.1) is 0 Å². The van der Waals surface area contributed by atoms with E-state index in [1.54, 1.807) is 18.2 Å². The molecule has 0 saturated heterocycles. The zero-order valence-electron chi connectivity index (χ0n) is 20.9. The van der Waals surface area contributed by atoms with Gasteiger partial charge in [-0.2, -0.15) is 0 Å². The molecule has 0 bridgehead atoms. The summed E-state index contributed by atoms with van der Waals surface area (Å²) >= 11 is 6.21. The van der Waals surface area contributed by atoms with E-state index < -0.39 is 5.97 Å². The fraction of sp³-hybridized carbons (Fsp3) is 0.267. The Morgan fingerprint density at radius 2 is 1.73 bits per heavy atom. The van der Waals surface area contributed by atoms with Gasteiger partial charge in [0.25, 0.3) is 5.91 Å². The van der Waals surface area contributed by atoms with Crippen LogP contribution in [0.15, 0.2) is 66.9 Å². The monoisotopic (exact) mass is 520 g/mol. The smallest absolute Gasteiger partial charge is 0.305 e. The van der Waals surface area contributed by atoms with Crippen LogP contribution in [0.1, 0.15) is 70.6 Å². The standard InChI is InChI=1S/C30H30ClFN2O3/c1-3-4-24(19-5-7-21(8-6-19)30(37)33-14-13-27(35)36)28(20-9-11-22(31)12-10-20)26-17-34-29-18(2)15-23(32)16-25(26)29/h5-12,15-17,24,28,34H,3-4,13-14H2,1-2H3,(H,33,37)(H,35,36)/t24-,28+/m1/s1. The van der Waals surface area contributed by atoms with Crippen molar-refractivity contribution in [3.8, 4) is 0 Å². The van der Waals surface area contributed by atoms with Gasteiger partial charge >= 0.3 is 5.97 Å². The molecular formula is C30H30ClFN2O3. The van der Waals surface area contributed by atoms with Gasteiger partial charge in [-0.25, -0.2) is 4.39 Å². The van der Waals surface area contributed by atoms with E-state index in [0.717, 1.165) is 46.0 Å². The van der Waals surface area contributed by atoms with E-state index >= 15 is 0 Å². The van der Waals surface area contributed by atoms with E-state index in [1.165, 1.54) is 6.07 Å². The van der Waals surface area contributed by atoms with E-state index in [9.17, 15) is 14.0 Å². The number of carbonyl (C=O) groups excluding carboxylic acids is 1. The molecule has 4 aromatic rings. The van der Waals surface area contributed by atoms with Gasteiger partial charge in [-0.3, -0.25) is 9.59 Å². The highest BCUT2D eigenvalue weighted by Crippen LogP contribution is 2.44. The van der Waals surface area contributed by atoms with Crippen molar-refractivity contribution in [2.24, 2.45) is 0 Å². The molecule has 0 aliphatic heterocycles. The van der Waals surface area contributed by atoms with Crippen molar-refractivity contribution < 1.29 is 19.1 Å². The summed E-state index contributed by atoms with van der Waals surface area (Å²) in [6, 6.07) is 18.4. The molecule has 37 heavy (non-hydrogen) atoms. The number of aromatic amines is 1. The minimum absolute atomic E-state index is 0.0536. The molecule has 3 aromatic carbocycles. The largest absolute Gasteiger partial charge is 0.481 e. The number of carboxylic acid groups (broad SMARTS) is 1. The molecule has 4 rings (SSSR count). The first-order valence-electron chi connectivity index (χ1n) is 12.4. The van der Waals surface area contributed by atoms with Crippen LogP contribution in [0.2, 0.25) is 5.02 Å². The van der Waals surface area contributed by atoms with Crippen LogP contribution in [-0.2, 0) is 4.79 Å². The number of nitrogens with one attached hydrogen (secondary N) is 2. The Morgan fingerprint density at radius 3 is 2.38 bits per heavy atom. The van der Waals surface area contributed by atoms with Crippen LogP contribution in [0.3, 0.4) is 0 Å². The van der Waals surface area contributed by atoms with Gasteiger partial charge < -0.3 is 15.4 Å². The zero-order valence-corrected chi connectivity index (χ0v) is 21.6. The first-order valence-corrected chi connectivity index (χ1v) is 12.8. The third kappa shape index (κ3) is 6.03. The predicted molar refractivity (Wildman–Crippen MR) is 145 cm³/mol. The maximum absolute atomic E-state index is 14.5. The summed E-state index contributed by atoms with van der Waals surface area (Å²) < 4.78 is 14.5. The van der Waals surface area contributed by atoms with Crippen LogP contribution >= 0.6 is 11.6 Å². The summed E-state index contributed by atoms with van der Waals surface area (Å²) in [4.78, 5) is 26.6. The molecule has 1 aromatic heterocycles. The fourth-order valence-electron chi connectivity index (χ4n) is 5.05. The number of fused-ring (bicyclic) bond motifs is 1. The Bertz CT molecular complexity index is 1400. The molecule has 0 fully saturated rings. The number of aromatic nitrogens is 1. The summed E-state index contributed by atoms with van der Waals surface area (Å²) in [6.45, 7) is 4.10. The van der Waals surface area contributed by atoms with E-state index in [0.29, 0.717) is 10.6 Å². The second-order valence-corrected chi connectivity index (χ2v) is 9.77.